The Labute approximate surface area is 143 Å². The molecular weight excluding hydrogens is 327 g/mol. The smallest absolute Gasteiger partial charge is 0.205 e. The SMILES string of the molecule is C[C@@H]1CN(c2c(CO)cc3c(-c4ccco4)noc3c2F)C[C@H](C)O1. The zero-order valence-corrected chi connectivity index (χ0v) is 14.0. The summed E-state index contributed by atoms with van der Waals surface area (Å²) in [6, 6.07) is 5.17. The van der Waals surface area contributed by atoms with Crippen LogP contribution in [-0.4, -0.2) is 35.6 Å². The summed E-state index contributed by atoms with van der Waals surface area (Å²) in [5, 5.41) is 14.3. The number of ether oxygens (including phenoxy) is 1. The first-order chi connectivity index (χ1) is 12.1. The third-order valence-corrected chi connectivity index (χ3v) is 4.42. The highest BCUT2D eigenvalue weighted by Gasteiger charge is 2.29. The second kappa shape index (κ2) is 6.16. The average Bonchev–Trinajstić information content (AvgIpc) is 3.22. The van der Waals surface area contributed by atoms with Crippen LogP contribution in [0.3, 0.4) is 0 Å². The highest BCUT2D eigenvalue weighted by Crippen LogP contribution is 2.37. The van der Waals surface area contributed by atoms with Crippen LogP contribution in [0.1, 0.15) is 19.4 Å². The van der Waals surface area contributed by atoms with E-state index in [0.717, 1.165) is 0 Å². The molecule has 0 bridgehead atoms. The number of nitrogens with zero attached hydrogens (tertiary/aromatic N) is 2. The number of morpholine rings is 1. The highest BCUT2D eigenvalue weighted by atomic mass is 19.1. The van der Waals surface area contributed by atoms with Gasteiger partial charge in [-0.3, -0.25) is 0 Å². The van der Waals surface area contributed by atoms with E-state index in [1.165, 1.54) is 6.26 Å². The largest absolute Gasteiger partial charge is 0.463 e. The standard InChI is InChI=1S/C18H19FN2O4/c1-10-7-21(8-11(2)24-10)17-12(9-22)6-13-16(14-4-3-5-23-14)20-25-18(13)15(17)19/h3-6,10-11,22H,7-9H2,1-2H3/t10-,11+. The first-order valence-corrected chi connectivity index (χ1v) is 8.24. The van der Waals surface area contributed by atoms with Crippen molar-refractivity contribution in [3.8, 4) is 11.5 Å². The van der Waals surface area contributed by atoms with Crippen LogP contribution in [0, 0.1) is 5.82 Å². The number of anilines is 1. The molecule has 2 aromatic heterocycles. The van der Waals surface area contributed by atoms with Gasteiger partial charge in [-0.2, -0.15) is 0 Å². The number of rotatable bonds is 3. The molecule has 0 unspecified atom stereocenters. The van der Waals surface area contributed by atoms with Crippen LogP contribution in [0.25, 0.3) is 22.4 Å². The fourth-order valence-corrected chi connectivity index (χ4v) is 3.49. The number of aliphatic hydroxyl groups excluding tert-OH is 1. The van der Waals surface area contributed by atoms with E-state index in [4.69, 9.17) is 13.7 Å². The number of halogens is 1. The van der Waals surface area contributed by atoms with E-state index < -0.39 is 5.82 Å². The van der Waals surface area contributed by atoms with E-state index in [-0.39, 0.29) is 24.4 Å². The van der Waals surface area contributed by atoms with Gasteiger partial charge in [0.05, 0.1) is 36.2 Å². The second-order valence-corrected chi connectivity index (χ2v) is 6.40. The van der Waals surface area contributed by atoms with E-state index in [9.17, 15) is 5.11 Å². The van der Waals surface area contributed by atoms with Crippen molar-refractivity contribution in [1.82, 2.24) is 5.16 Å². The summed E-state index contributed by atoms with van der Waals surface area (Å²) in [7, 11) is 0. The number of hydrogen-bond acceptors (Lipinski definition) is 6. The fraction of sp³-hybridized carbons (Fsp3) is 0.389. The molecule has 7 heteroatoms. The Hall–Kier alpha value is -2.38. The summed E-state index contributed by atoms with van der Waals surface area (Å²) in [5.74, 6) is -0.0310. The Bertz CT molecular complexity index is 880. The number of benzene rings is 1. The zero-order chi connectivity index (χ0) is 17.6. The Morgan fingerprint density at radius 2 is 2.08 bits per heavy atom. The lowest BCUT2D eigenvalue weighted by Crippen LogP contribution is -2.46. The van der Waals surface area contributed by atoms with Crippen molar-refractivity contribution in [3.05, 3.63) is 35.8 Å². The molecule has 1 aromatic carbocycles. The zero-order valence-electron chi connectivity index (χ0n) is 14.0. The van der Waals surface area contributed by atoms with E-state index in [1.807, 2.05) is 18.7 Å². The molecule has 25 heavy (non-hydrogen) atoms. The Morgan fingerprint density at radius 1 is 1.32 bits per heavy atom. The lowest BCUT2D eigenvalue weighted by Gasteiger charge is -2.37. The minimum Gasteiger partial charge on any atom is -0.463 e. The van der Waals surface area contributed by atoms with Gasteiger partial charge in [-0.25, -0.2) is 4.39 Å². The minimum absolute atomic E-state index is 0.0289. The number of aromatic nitrogens is 1. The topological polar surface area (TPSA) is 71.9 Å². The lowest BCUT2D eigenvalue weighted by molar-refractivity contribution is -0.00549. The van der Waals surface area contributed by atoms with Crippen molar-refractivity contribution in [2.45, 2.75) is 32.7 Å². The van der Waals surface area contributed by atoms with Crippen molar-refractivity contribution >= 4 is 16.7 Å². The van der Waals surface area contributed by atoms with Gasteiger partial charge in [0.15, 0.2) is 17.3 Å². The fourth-order valence-electron chi connectivity index (χ4n) is 3.49. The lowest BCUT2D eigenvalue weighted by atomic mass is 10.0. The van der Waals surface area contributed by atoms with Gasteiger partial charge in [0.2, 0.25) is 5.58 Å². The Morgan fingerprint density at radius 3 is 2.72 bits per heavy atom. The van der Waals surface area contributed by atoms with Gasteiger partial charge >= 0.3 is 0 Å². The summed E-state index contributed by atoms with van der Waals surface area (Å²) in [6.07, 6.45) is 1.46. The molecule has 132 valence electrons. The maximum atomic E-state index is 15.3. The van der Waals surface area contributed by atoms with Gasteiger partial charge in [-0.15, -0.1) is 0 Å². The van der Waals surface area contributed by atoms with Crippen molar-refractivity contribution < 1.29 is 23.2 Å². The molecule has 1 aliphatic heterocycles. The minimum atomic E-state index is -0.520. The summed E-state index contributed by atoms with van der Waals surface area (Å²) in [6.45, 7) is 4.69. The molecule has 3 heterocycles. The van der Waals surface area contributed by atoms with Crippen molar-refractivity contribution in [2.24, 2.45) is 0 Å². The van der Waals surface area contributed by atoms with Crippen LogP contribution < -0.4 is 4.90 Å². The number of fused-ring (bicyclic) bond motifs is 1. The van der Waals surface area contributed by atoms with Crippen LogP contribution in [0.4, 0.5) is 10.1 Å². The molecule has 3 aromatic rings. The molecule has 6 nitrogen and oxygen atoms in total. The molecule has 0 aliphatic carbocycles. The maximum Gasteiger partial charge on any atom is 0.205 e. The molecule has 1 aliphatic rings. The van der Waals surface area contributed by atoms with Gasteiger partial charge in [0.1, 0.15) is 0 Å². The van der Waals surface area contributed by atoms with Crippen LogP contribution in [0.15, 0.2) is 33.4 Å². The van der Waals surface area contributed by atoms with E-state index >= 15 is 4.39 Å². The second-order valence-electron chi connectivity index (χ2n) is 6.40. The molecule has 4 rings (SSSR count). The monoisotopic (exact) mass is 346 g/mol. The van der Waals surface area contributed by atoms with Gasteiger partial charge in [0, 0.05) is 18.7 Å². The molecule has 1 saturated heterocycles. The summed E-state index contributed by atoms with van der Waals surface area (Å²) in [4.78, 5) is 1.90. The van der Waals surface area contributed by atoms with Gasteiger partial charge < -0.3 is 23.7 Å². The molecular formula is C18H19FN2O4. The molecule has 1 N–H and O–H groups in total. The number of furan rings is 1. The normalized spacial score (nSPS) is 21.2. The Balaban J connectivity index is 1.87. The molecule has 0 spiro atoms. The highest BCUT2D eigenvalue weighted by molar-refractivity contribution is 5.93. The van der Waals surface area contributed by atoms with Gasteiger partial charge in [-0.1, -0.05) is 5.16 Å². The van der Waals surface area contributed by atoms with Gasteiger partial charge in [0.25, 0.3) is 0 Å². The van der Waals surface area contributed by atoms with E-state index in [1.54, 1.807) is 18.2 Å². The summed E-state index contributed by atoms with van der Waals surface area (Å²) >= 11 is 0. The van der Waals surface area contributed by atoms with Gasteiger partial charge in [-0.05, 0) is 32.0 Å². The molecule has 0 amide bonds. The molecule has 0 radical (unpaired) electrons. The van der Waals surface area contributed by atoms with Crippen molar-refractivity contribution in [3.63, 3.8) is 0 Å². The van der Waals surface area contributed by atoms with E-state index in [0.29, 0.717) is 41.2 Å². The third-order valence-electron chi connectivity index (χ3n) is 4.42. The molecule has 1 fully saturated rings. The maximum absolute atomic E-state index is 15.3. The Kier molecular flexibility index (Phi) is 3.97. The van der Waals surface area contributed by atoms with Crippen LogP contribution in [-0.2, 0) is 11.3 Å². The molecule has 2 atom stereocenters. The van der Waals surface area contributed by atoms with Crippen molar-refractivity contribution in [2.75, 3.05) is 18.0 Å². The predicted molar refractivity (Wildman–Crippen MR) is 89.8 cm³/mol. The van der Waals surface area contributed by atoms with E-state index in [2.05, 4.69) is 5.16 Å². The summed E-state index contributed by atoms with van der Waals surface area (Å²) < 4.78 is 31.6. The third kappa shape index (κ3) is 2.69. The first kappa shape index (κ1) is 16.1. The summed E-state index contributed by atoms with van der Waals surface area (Å²) in [5.41, 5.74) is 1.32. The number of hydrogen-bond donors (Lipinski definition) is 1. The van der Waals surface area contributed by atoms with Crippen molar-refractivity contribution in [1.29, 1.82) is 0 Å². The van der Waals surface area contributed by atoms with Crippen LogP contribution >= 0.6 is 0 Å². The van der Waals surface area contributed by atoms with Crippen LogP contribution in [0.5, 0.6) is 0 Å². The first-order valence-electron chi connectivity index (χ1n) is 8.24. The number of aliphatic hydroxyl groups is 1. The van der Waals surface area contributed by atoms with Crippen LogP contribution in [0.2, 0.25) is 0 Å². The average molecular weight is 346 g/mol. The predicted octanol–water partition coefficient (Wildman–Crippen LogP) is 3.33. The quantitative estimate of drug-likeness (QED) is 0.784. The molecule has 0 saturated carbocycles.